The smallest absolute Gasteiger partial charge is 0.336 e. The van der Waals surface area contributed by atoms with Crippen LogP contribution in [0.4, 0.5) is 0 Å². The van der Waals surface area contributed by atoms with Crippen LogP contribution in [0.15, 0.2) is 66.6 Å². The maximum atomic E-state index is 12.5. The van der Waals surface area contributed by atoms with Gasteiger partial charge in [0, 0.05) is 27.9 Å². The van der Waals surface area contributed by atoms with Crippen molar-refractivity contribution in [2.75, 3.05) is 0 Å². The first kappa shape index (κ1) is 17.5. The highest BCUT2D eigenvalue weighted by atomic mass is 79.9. The average Bonchev–Trinajstić information content (AvgIpc) is 3.08. The molecule has 0 fully saturated rings. The van der Waals surface area contributed by atoms with Gasteiger partial charge in [-0.1, -0.05) is 28.9 Å². The first-order valence-corrected chi connectivity index (χ1v) is 9.36. The Morgan fingerprint density at radius 3 is 2.67 bits per heavy atom. The van der Waals surface area contributed by atoms with Gasteiger partial charge in [-0.3, -0.25) is 4.79 Å². The molecule has 0 aliphatic rings. The molecule has 0 saturated heterocycles. The minimum absolute atomic E-state index is 0.203. The predicted molar refractivity (Wildman–Crippen MR) is 107 cm³/mol. The molecule has 1 amide bonds. The number of carbonyl (C=O) groups excluding carboxylic acids is 1. The summed E-state index contributed by atoms with van der Waals surface area (Å²) >= 11 is 3.40. The third kappa shape index (κ3) is 3.53. The summed E-state index contributed by atoms with van der Waals surface area (Å²) in [6.45, 7) is 2.26. The van der Waals surface area contributed by atoms with Gasteiger partial charge >= 0.3 is 5.63 Å². The van der Waals surface area contributed by atoms with E-state index < -0.39 is 5.63 Å². The van der Waals surface area contributed by atoms with Crippen LogP contribution in [0.5, 0.6) is 0 Å². The van der Waals surface area contributed by atoms with Gasteiger partial charge in [0.05, 0.1) is 0 Å². The van der Waals surface area contributed by atoms with Crippen molar-refractivity contribution in [1.82, 2.24) is 5.32 Å². The lowest BCUT2D eigenvalue weighted by Gasteiger charge is -2.08. The maximum Gasteiger partial charge on any atom is 0.336 e. The molecule has 0 atom stereocenters. The number of nitrogens with one attached hydrogen (secondary N) is 1. The number of amides is 1. The Labute approximate surface area is 163 Å². The number of carbonyl (C=O) groups is 1. The van der Waals surface area contributed by atoms with E-state index in [1.54, 1.807) is 18.2 Å². The summed E-state index contributed by atoms with van der Waals surface area (Å²) in [5.41, 5.74) is 2.56. The van der Waals surface area contributed by atoms with Gasteiger partial charge < -0.3 is 14.2 Å². The Morgan fingerprint density at radius 1 is 1.04 bits per heavy atom. The summed E-state index contributed by atoms with van der Waals surface area (Å²) in [6, 6.07) is 14.4. The Hall–Kier alpha value is -2.86. The molecule has 0 bridgehead atoms. The Bertz CT molecular complexity index is 1220. The lowest BCUT2D eigenvalue weighted by atomic mass is 10.1. The van der Waals surface area contributed by atoms with E-state index >= 15 is 0 Å². The highest BCUT2D eigenvalue weighted by Crippen LogP contribution is 2.24. The highest BCUT2D eigenvalue weighted by Gasteiger charge is 2.14. The van der Waals surface area contributed by atoms with Gasteiger partial charge in [0.15, 0.2) is 5.76 Å². The molecule has 136 valence electrons. The molecule has 0 aliphatic carbocycles. The molecule has 0 spiro atoms. The second-order valence-corrected chi connectivity index (χ2v) is 7.17. The molecule has 4 rings (SSSR count). The number of aryl methyl sites for hydroxylation is 1. The lowest BCUT2D eigenvalue weighted by Crippen LogP contribution is -2.23. The maximum absolute atomic E-state index is 12.5. The van der Waals surface area contributed by atoms with E-state index in [0.29, 0.717) is 16.7 Å². The monoisotopic (exact) mass is 425 g/mol. The van der Waals surface area contributed by atoms with E-state index in [1.165, 1.54) is 6.07 Å². The fourth-order valence-electron chi connectivity index (χ4n) is 3.03. The average molecular weight is 426 g/mol. The van der Waals surface area contributed by atoms with Gasteiger partial charge in [-0.25, -0.2) is 4.79 Å². The molecule has 2 heterocycles. The van der Waals surface area contributed by atoms with Crippen molar-refractivity contribution in [3.8, 4) is 0 Å². The van der Waals surface area contributed by atoms with Crippen molar-refractivity contribution in [2.45, 2.75) is 19.9 Å². The molecule has 2 aromatic carbocycles. The van der Waals surface area contributed by atoms with Crippen molar-refractivity contribution in [2.24, 2.45) is 0 Å². The molecule has 6 heteroatoms. The number of benzene rings is 2. The minimum Gasteiger partial charge on any atom is -0.451 e. The van der Waals surface area contributed by atoms with E-state index in [-0.39, 0.29) is 18.2 Å². The summed E-state index contributed by atoms with van der Waals surface area (Å²) in [6.07, 6.45) is 0.870. The molecule has 2 aromatic heterocycles. The van der Waals surface area contributed by atoms with E-state index in [0.717, 1.165) is 27.2 Å². The topological polar surface area (TPSA) is 72.5 Å². The van der Waals surface area contributed by atoms with E-state index in [2.05, 4.69) is 28.2 Å². The van der Waals surface area contributed by atoms with Gasteiger partial charge in [-0.15, -0.1) is 0 Å². The number of hydrogen-bond donors (Lipinski definition) is 1. The predicted octanol–water partition coefficient (Wildman–Crippen LogP) is 4.79. The first-order valence-electron chi connectivity index (χ1n) is 8.56. The van der Waals surface area contributed by atoms with Gasteiger partial charge in [0.25, 0.3) is 5.91 Å². The van der Waals surface area contributed by atoms with Crippen LogP contribution >= 0.6 is 15.9 Å². The first-order chi connectivity index (χ1) is 13.0. The van der Waals surface area contributed by atoms with Crippen molar-refractivity contribution < 1.29 is 13.6 Å². The second-order valence-electron chi connectivity index (χ2n) is 6.25. The van der Waals surface area contributed by atoms with Crippen LogP contribution in [0.1, 0.15) is 28.6 Å². The molecule has 0 radical (unpaired) electrons. The molecule has 5 nitrogen and oxygen atoms in total. The van der Waals surface area contributed by atoms with Gasteiger partial charge in [-0.2, -0.15) is 0 Å². The standard InChI is InChI=1S/C21H16BrNO4/c1-2-12-3-5-18-16(7-12)14(10-20(24)27-18)11-23-21(25)19-9-13-8-15(22)4-6-17(13)26-19/h3-10H,2,11H2,1H3,(H,23,25). The third-order valence-electron chi connectivity index (χ3n) is 4.44. The molecular weight excluding hydrogens is 410 g/mol. The van der Waals surface area contributed by atoms with Crippen LogP contribution < -0.4 is 10.9 Å². The van der Waals surface area contributed by atoms with Crippen LogP contribution in [-0.4, -0.2) is 5.91 Å². The zero-order valence-corrected chi connectivity index (χ0v) is 16.1. The lowest BCUT2D eigenvalue weighted by molar-refractivity contribution is 0.0925. The molecule has 4 aromatic rings. The highest BCUT2D eigenvalue weighted by molar-refractivity contribution is 9.10. The van der Waals surface area contributed by atoms with Crippen molar-refractivity contribution in [1.29, 1.82) is 0 Å². The number of rotatable bonds is 4. The van der Waals surface area contributed by atoms with Crippen LogP contribution in [0.25, 0.3) is 21.9 Å². The van der Waals surface area contributed by atoms with E-state index in [4.69, 9.17) is 8.83 Å². The zero-order valence-electron chi connectivity index (χ0n) is 14.5. The number of furan rings is 1. The summed E-state index contributed by atoms with van der Waals surface area (Å²) in [5.74, 6) is -0.111. The molecule has 0 unspecified atom stereocenters. The Morgan fingerprint density at radius 2 is 1.85 bits per heavy atom. The van der Waals surface area contributed by atoms with Crippen LogP contribution in [0, 0.1) is 0 Å². The van der Waals surface area contributed by atoms with Crippen molar-refractivity contribution in [3.63, 3.8) is 0 Å². The summed E-state index contributed by atoms with van der Waals surface area (Å²) < 4.78 is 11.8. The summed E-state index contributed by atoms with van der Waals surface area (Å²) in [5, 5.41) is 4.49. The minimum atomic E-state index is -0.440. The Kier molecular flexibility index (Phi) is 4.58. The second kappa shape index (κ2) is 7.04. The molecule has 1 N–H and O–H groups in total. The van der Waals surface area contributed by atoms with Gasteiger partial charge in [0.1, 0.15) is 11.2 Å². The fraction of sp³-hybridized carbons (Fsp3) is 0.143. The Balaban J connectivity index is 1.62. The van der Waals surface area contributed by atoms with Crippen LogP contribution in [0.2, 0.25) is 0 Å². The fourth-order valence-corrected chi connectivity index (χ4v) is 3.41. The van der Waals surface area contributed by atoms with Gasteiger partial charge in [0.2, 0.25) is 0 Å². The SMILES string of the molecule is CCc1ccc2oc(=O)cc(CNC(=O)c3cc4cc(Br)ccc4o3)c2c1. The zero-order chi connectivity index (χ0) is 19.0. The van der Waals surface area contributed by atoms with Gasteiger partial charge in [-0.05, 0) is 53.9 Å². The molecule has 27 heavy (non-hydrogen) atoms. The molecule has 0 saturated carbocycles. The number of fused-ring (bicyclic) bond motifs is 2. The van der Waals surface area contributed by atoms with E-state index in [9.17, 15) is 9.59 Å². The van der Waals surface area contributed by atoms with E-state index in [1.807, 2.05) is 24.3 Å². The summed E-state index contributed by atoms with van der Waals surface area (Å²) in [7, 11) is 0. The quantitative estimate of drug-likeness (QED) is 0.476. The van der Waals surface area contributed by atoms with Crippen LogP contribution in [-0.2, 0) is 13.0 Å². The number of hydrogen-bond acceptors (Lipinski definition) is 4. The molecular formula is C21H16BrNO4. The number of halogens is 1. The summed E-state index contributed by atoms with van der Waals surface area (Å²) in [4.78, 5) is 24.3. The largest absolute Gasteiger partial charge is 0.451 e. The van der Waals surface area contributed by atoms with Crippen molar-refractivity contribution in [3.05, 3.63) is 80.3 Å². The third-order valence-corrected chi connectivity index (χ3v) is 4.94. The normalized spacial score (nSPS) is 11.2. The van der Waals surface area contributed by atoms with Crippen molar-refractivity contribution >= 4 is 43.8 Å². The van der Waals surface area contributed by atoms with Crippen LogP contribution in [0.3, 0.4) is 0 Å². The molecule has 0 aliphatic heterocycles.